The fourth-order valence-electron chi connectivity index (χ4n) is 2.47. The summed E-state index contributed by atoms with van der Waals surface area (Å²) in [5, 5.41) is 6.70. The van der Waals surface area contributed by atoms with E-state index in [9.17, 15) is 0 Å². The van der Waals surface area contributed by atoms with Gasteiger partial charge >= 0.3 is 0 Å². The van der Waals surface area contributed by atoms with Crippen molar-refractivity contribution in [2.45, 2.75) is 6.54 Å². The molecule has 3 aromatic rings. The Labute approximate surface area is 154 Å². The summed E-state index contributed by atoms with van der Waals surface area (Å²) in [7, 11) is 4.09. The van der Waals surface area contributed by atoms with E-state index in [4.69, 9.17) is 0 Å². The molecule has 2 N–H and O–H groups in total. The van der Waals surface area contributed by atoms with Crippen molar-refractivity contribution in [3.63, 3.8) is 0 Å². The van der Waals surface area contributed by atoms with E-state index in [1.165, 1.54) is 5.56 Å². The van der Waals surface area contributed by atoms with Crippen LogP contribution in [-0.2, 0) is 6.54 Å². The lowest BCUT2D eigenvalue weighted by Gasteiger charge is -2.13. The highest BCUT2D eigenvalue weighted by Gasteiger charge is 2.07. The standard InChI is InChI=1S/C20H24N6/c1-26(2)13-12-22-20-24-18(17-8-10-21-11-9-17)14-19(25-20)23-15-16-6-4-3-5-7-16/h3-11,14H,12-13,15H2,1-2H3,(H2,22,23,24,25). The highest BCUT2D eigenvalue weighted by molar-refractivity contribution is 5.63. The number of benzene rings is 1. The predicted molar refractivity (Wildman–Crippen MR) is 106 cm³/mol. The van der Waals surface area contributed by atoms with Gasteiger partial charge in [0.15, 0.2) is 0 Å². The number of hydrogen-bond acceptors (Lipinski definition) is 6. The molecule has 2 aromatic heterocycles. The Morgan fingerprint density at radius 2 is 1.69 bits per heavy atom. The normalized spacial score (nSPS) is 10.7. The van der Waals surface area contributed by atoms with Crippen LogP contribution in [0.4, 0.5) is 11.8 Å². The molecule has 134 valence electrons. The number of likely N-dealkylation sites (N-methyl/N-ethyl adjacent to an activating group) is 1. The van der Waals surface area contributed by atoms with Gasteiger partial charge in [0.2, 0.25) is 5.95 Å². The Morgan fingerprint density at radius 3 is 2.42 bits per heavy atom. The smallest absolute Gasteiger partial charge is 0.225 e. The van der Waals surface area contributed by atoms with E-state index in [-0.39, 0.29) is 0 Å². The molecule has 0 saturated carbocycles. The van der Waals surface area contributed by atoms with Gasteiger partial charge in [-0.25, -0.2) is 4.98 Å². The summed E-state index contributed by atoms with van der Waals surface area (Å²) in [5.74, 6) is 1.42. The lowest BCUT2D eigenvalue weighted by atomic mass is 10.2. The largest absolute Gasteiger partial charge is 0.366 e. The van der Waals surface area contributed by atoms with Gasteiger partial charge in [0.05, 0.1) is 5.69 Å². The minimum absolute atomic E-state index is 0.622. The van der Waals surface area contributed by atoms with Crippen LogP contribution in [0, 0.1) is 0 Å². The van der Waals surface area contributed by atoms with E-state index in [2.05, 4.69) is 42.6 Å². The summed E-state index contributed by atoms with van der Waals surface area (Å²) in [6.45, 7) is 2.41. The van der Waals surface area contributed by atoms with Crippen LogP contribution in [0.25, 0.3) is 11.3 Å². The molecule has 0 aliphatic heterocycles. The van der Waals surface area contributed by atoms with E-state index < -0.39 is 0 Å². The highest BCUT2D eigenvalue weighted by atomic mass is 15.2. The number of pyridine rings is 1. The maximum absolute atomic E-state index is 4.65. The highest BCUT2D eigenvalue weighted by Crippen LogP contribution is 2.21. The number of aromatic nitrogens is 3. The van der Waals surface area contributed by atoms with Crippen LogP contribution in [0.3, 0.4) is 0 Å². The van der Waals surface area contributed by atoms with E-state index in [1.807, 2.05) is 50.5 Å². The SMILES string of the molecule is CN(C)CCNc1nc(NCc2ccccc2)cc(-c2ccncc2)n1. The molecule has 3 rings (SSSR count). The van der Waals surface area contributed by atoms with Gasteiger partial charge in [0.1, 0.15) is 5.82 Å². The number of anilines is 2. The van der Waals surface area contributed by atoms with Crippen LogP contribution < -0.4 is 10.6 Å². The molecule has 6 nitrogen and oxygen atoms in total. The zero-order valence-electron chi connectivity index (χ0n) is 15.2. The maximum Gasteiger partial charge on any atom is 0.225 e. The monoisotopic (exact) mass is 348 g/mol. The first-order chi connectivity index (χ1) is 12.7. The average molecular weight is 348 g/mol. The molecule has 0 amide bonds. The van der Waals surface area contributed by atoms with Gasteiger partial charge in [-0.15, -0.1) is 0 Å². The van der Waals surface area contributed by atoms with Gasteiger partial charge < -0.3 is 15.5 Å². The summed E-state index contributed by atoms with van der Waals surface area (Å²) >= 11 is 0. The lowest BCUT2D eigenvalue weighted by molar-refractivity contribution is 0.425. The number of hydrogen-bond donors (Lipinski definition) is 2. The van der Waals surface area contributed by atoms with Crippen LogP contribution in [0.5, 0.6) is 0 Å². The molecule has 26 heavy (non-hydrogen) atoms. The molecular formula is C20H24N6. The molecule has 0 spiro atoms. The third-order valence-electron chi connectivity index (χ3n) is 3.86. The van der Waals surface area contributed by atoms with Gasteiger partial charge in [0.25, 0.3) is 0 Å². The van der Waals surface area contributed by atoms with Gasteiger partial charge in [0, 0.05) is 43.7 Å². The van der Waals surface area contributed by atoms with Crippen LogP contribution in [0.15, 0.2) is 60.9 Å². The summed E-state index contributed by atoms with van der Waals surface area (Å²) in [6.07, 6.45) is 3.54. The Hall–Kier alpha value is -2.99. The molecule has 0 atom stereocenters. The van der Waals surface area contributed by atoms with Crippen LogP contribution in [0.2, 0.25) is 0 Å². The molecule has 0 saturated heterocycles. The fraction of sp³-hybridized carbons (Fsp3) is 0.250. The van der Waals surface area contributed by atoms with E-state index >= 15 is 0 Å². The molecule has 0 aliphatic carbocycles. The maximum atomic E-state index is 4.65. The second-order valence-electron chi connectivity index (χ2n) is 6.27. The molecule has 0 radical (unpaired) electrons. The van der Waals surface area contributed by atoms with Gasteiger partial charge in [-0.3, -0.25) is 4.98 Å². The first kappa shape index (κ1) is 17.8. The molecule has 6 heteroatoms. The molecule has 0 aliphatic rings. The molecular weight excluding hydrogens is 324 g/mol. The summed E-state index contributed by atoms with van der Waals surface area (Å²) in [4.78, 5) is 15.5. The first-order valence-electron chi connectivity index (χ1n) is 8.66. The van der Waals surface area contributed by atoms with Crippen molar-refractivity contribution in [3.05, 3.63) is 66.5 Å². The van der Waals surface area contributed by atoms with Crippen molar-refractivity contribution in [2.24, 2.45) is 0 Å². The summed E-state index contributed by atoms with van der Waals surface area (Å²) < 4.78 is 0. The van der Waals surface area contributed by atoms with Gasteiger partial charge in [-0.05, 0) is 31.8 Å². The fourth-order valence-corrected chi connectivity index (χ4v) is 2.47. The van der Waals surface area contributed by atoms with Gasteiger partial charge in [-0.2, -0.15) is 4.98 Å². The molecule has 0 unspecified atom stereocenters. The number of nitrogens with zero attached hydrogens (tertiary/aromatic N) is 4. The molecule has 0 bridgehead atoms. The van der Waals surface area contributed by atoms with Crippen molar-refractivity contribution in [2.75, 3.05) is 37.8 Å². The van der Waals surface area contributed by atoms with E-state index in [1.54, 1.807) is 12.4 Å². The topological polar surface area (TPSA) is 66.0 Å². The lowest BCUT2D eigenvalue weighted by Crippen LogP contribution is -2.21. The second kappa shape index (κ2) is 8.92. The molecule has 2 heterocycles. The van der Waals surface area contributed by atoms with Crippen molar-refractivity contribution < 1.29 is 0 Å². The first-order valence-corrected chi connectivity index (χ1v) is 8.66. The minimum Gasteiger partial charge on any atom is -0.366 e. The van der Waals surface area contributed by atoms with Crippen LogP contribution >= 0.6 is 0 Å². The molecule has 1 aromatic carbocycles. The Bertz CT molecular complexity index is 805. The van der Waals surface area contributed by atoms with Crippen molar-refractivity contribution in [3.8, 4) is 11.3 Å². The zero-order chi connectivity index (χ0) is 18.2. The minimum atomic E-state index is 0.622. The van der Waals surface area contributed by atoms with Gasteiger partial charge in [-0.1, -0.05) is 30.3 Å². The summed E-state index contributed by atoms with van der Waals surface area (Å²) in [5.41, 5.74) is 3.09. The van der Waals surface area contributed by atoms with Crippen molar-refractivity contribution in [1.29, 1.82) is 0 Å². The Kier molecular flexibility index (Phi) is 6.11. The second-order valence-corrected chi connectivity index (χ2v) is 6.27. The zero-order valence-corrected chi connectivity index (χ0v) is 15.2. The quantitative estimate of drug-likeness (QED) is 0.652. The molecule has 0 fully saturated rings. The van der Waals surface area contributed by atoms with Crippen LogP contribution in [0.1, 0.15) is 5.56 Å². The Morgan fingerprint density at radius 1 is 0.923 bits per heavy atom. The number of rotatable bonds is 8. The summed E-state index contributed by atoms with van der Waals surface area (Å²) in [6, 6.07) is 16.1. The third kappa shape index (κ3) is 5.26. The van der Waals surface area contributed by atoms with E-state index in [0.29, 0.717) is 12.5 Å². The predicted octanol–water partition coefficient (Wildman–Crippen LogP) is 3.12. The number of nitrogens with one attached hydrogen (secondary N) is 2. The van der Waals surface area contributed by atoms with Crippen molar-refractivity contribution >= 4 is 11.8 Å². The third-order valence-corrected chi connectivity index (χ3v) is 3.86. The van der Waals surface area contributed by atoms with Crippen molar-refractivity contribution in [1.82, 2.24) is 19.9 Å². The van der Waals surface area contributed by atoms with Crippen LogP contribution in [-0.4, -0.2) is 47.0 Å². The van der Waals surface area contributed by atoms with E-state index in [0.717, 1.165) is 30.2 Å². The average Bonchev–Trinajstić information content (AvgIpc) is 2.67. The Balaban J connectivity index is 1.80.